The molecule has 1 aromatic carbocycles. The quantitative estimate of drug-likeness (QED) is 0.422. The smallest absolute Gasteiger partial charge is 0.338 e. The number of thiazole rings is 1. The number of hydrogen-bond donors (Lipinski definition) is 0. The van der Waals surface area contributed by atoms with Crippen molar-refractivity contribution in [2.75, 3.05) is 24.6 Å². The molecular weight excluding hydrogens is 502 g/mol. The Morgan fingerprint density at radius 1 is 1.16 bits per heavy atom. The Labute approximate surface area is 225 Å². The van der Waals surface area contributed by atoms with Gasteiger partial charge in [-0.1, -0.05) is 23.5 Å². The maximum Gasteiger partial charge on any atom is 0.338 e. The van der Waals surface area contributed by atoms with Crippen molar-refractivity contribution in [2.45, 2.75) is 59.1 Å². The summed E-state index contributed by atoms with van der Waals surface area (Å²) in [5.74, 6) is 1.68. The molecule has 2 aliphatic rings. The molecule has 0 aliphatic carbocycles. The van der Waals surface area contributed by atoms with E-state index in [0.717, 1.165) is 43.1 Å². The largest absolute Gasteiger partial charge is 0.494 e. The highest BCUT2D eigenvalue weighted by Gasteiger charge is 2.33. The monoisotopic (exact) mass is 535 g/mol. The van der Waals surface area contributed by atoms with Crippen LogP contribution in [0.15, 0.2) is 61.9 Å². The number of allylic oxidation sites excluding steroid dienone is 1. The minimum Gasteiger partial charge on any atom is -0.494 e. The SMILES string of the molecule is CCOc1ccc(C2C(C(=O)OC(C)C)=C(C)N=c3s/c(=C\c4ccc(N5CCCCC5)o4)c(=O)n32)cc1. The number of carbonyl (C=O) groups is 1. The number of esters is 1. The Bertz CT molecular complexity index is 1520. The number of piperidine rings is 1. The zero-order chi connectivity index (χ0) is 26.8. The van der Waals surface area contributed by atoms with Gasteiger partial charge < -0.3 is 18.8 Å². The van der Waals surface area contributed by atoms with E-state index in [1.807, 2.05) is 43.3 Å². The third kappa shape index (κ3) is 5.20. The fourth-order valence-corrected chi connectivity index (χ4v) is 5.95. The highest BCUT2D eigenvalue weighted by Crippen LogP contribution is 2.32. The molecule has 9 heteroatoms. The van der Waals surface area contributed by atoms with Crippen LogP contribution in [0, 0.1) is 0 Å². The van der Waals surface area contributed by atoms with Gasteiger partial charge in [-0.3, -0.25) is 9.36 Å². The summed E-state index contributed by atoms with van der Waals surface area (Å²) in [7, 11) is 0. The van der Waals surface area contributed by atoms with Crippen LogP contribution in [0.25, 0.3) is 6.08 Å². The molecule has 38 heavy (non-hydrogen) atoms. The van der Waals surface area contributed by atoms with Crippen LogP contribution in [-0.2, 0) is 9.53 Å². The van der Waals surface area contributed by atoms with Crippen LogP contribution in [0.4, 0.5) is 5.88 Å². The summed E-state index contributed by atoms with van der Waals surface area (Å²) in [4.78, 5) is 34.5. The van der Waals surface area contributed by atoms with E-state index in [9.17, 15) is 9.59 Å². The molecule has 1 fully saturated rings. The fraction of sp³-hybridized carbons (Fsp3) is 0.414. The van der Waals surface area contributed by atoms with Crippen LogP contribution in [0.1, 0.15) is 64.3 Å². The first-order valence-electron chi connectivity index (χ1n) is 13.2. The van der Waals surface area contributed by atoms with Gasteiger partial charge in [0.25, 0.3) is 5.56 Å². The maximum absolute atomic E-state index is 13.8. The maximum atomic E-state index is 13.8. The first-order valence-corrected chi connectivity index (χ1v) is 14.0. The molecule has 0 saturated carbocycles. The Hall–Kier alpha value is -3.59. The van der Waals surface area contributed by atoms with Crippen molar-refractivity contribution in [1.82, 2.24) is 4.57 Å². The Morgan fingerprint density at radius 3 is 2.58 bits per heavy atom. The number of rotatable bonds is 7. The standard InChI is InChI=1S/C29H33N3O5S/c1-5-35-21-11-9-20(10-12-21)26-25(28(34)36-18(2)3)19(4)30-29-32(26)27(33)23(38-29)17-22-13-14-24(37-22)31-15-7-6-8-16-31/h9-14,17-18,26H,5-8,15-16H2,1-4H3/b23-17-. The first-order chi connectivity index (χ1) is 18.4. The molecule has 0 amide bonds. The second-order valence-corrected chi connectivity index (χ2v) is 10.8. The molecule has 2 aliphatic heterocycles. The summed E-state index contributed by atoms with van der Waals surface area (Å²) >= 11 is 1.29. The molecule has 1 unspecified atom stereocenters. The second-order valence-electron chi connectivity index (χ2n) is 9.76. The average molecular weight is 536 g/mol. The van der Waals surface area contributed by atoms with Crippen LogP contribution in [0.5, 0.6) is 5.75 Å². The average Bonchev–Trinajstić information content (AvgIpc) is 3.48. The third-order valence-corrected chi connectivity index (χ3v) is 7.63. The minimum absolute atomic E-state index is 0.231. The van der Waals surface area contributed by atoms with E-state index in [2.05, 4.69) is 9.89 Å². The first kappa shape index (κ1) is 26.0. The van der Waals surface area contributed by atoms with Gasteiger partial charge in [0.2, 0.25) is 0 Å². The van der Waals surface area contributed by atoms with E-state index < -0.39 is 12.0 Å². The zero-order valence-corrected chi connectivity index (χ0v) is 23.0. The van der Waals surface area contributed by atoms with Gasteiger partial charge in [0.15, 0.2) is 10.7 Å². The van der Waals surface area contributed by atoms with Gasteiger partial charge in [0.1, 0.15) is 11.5 Å². The van der Waals surface area contributed by atoms with Gasteiger partial charge in [-0.05, 0) is 70.7 Å². The molecule has 8 nitrogen and oxygen atoms in total. The lowest BCUT2D eigenvalue weighted by Gasteiger charge is -2.25. The number of fused-ring (bicyclic) bond motifs is 1. The fourth-order valence-electron chi connectivity index (χ4n) is 4.92. The zero-order valence-electron chi connectivity index (χ0n) is 22.2. The van der Waals surface area contributed by atoms with Crippen molar-refractivity contribution in [3.05, 3.63) is 78.7 Å². The molecular formula is C29H33N3O5S. The topological polar surface area (TPSA) is 86.3 Å². The predicted octanol–water partition coefficient (Wildman–Crippen LogP) is 4.17. The normalized spacial score (nSPS) is 18.0. The Morgan fingerprint density at radius 2 is 1.89 bits per heavy atom. The summed E-state index contributed by atoms with van der Waals surface area (Å²) in [6.45, 7) is 9.82. The van der Waals surface area contributed by atoms with Crippen molar-refractivity contribution in [1.29, 1.82) is 0 Å². The molecule has 5 rings (SSSR count). The van der Waals surface area contributed by atoms with Crippen LogP contribution in [0.3, 0.4) is 0 Å². The number of aromatic nitrogens is 1. The van der Waals surface area contributed by atoms with Gasteiger partial charge in [0.05, 0.1) is 34.6 Å². The van der Waals surface area contributed by atoms with Gasteiger partial charge in [-0.2, -0.15) is 0 Å². The molecule has 1 saturated heterocycles. The van der Waals surface area contributed by atoms with Crippen molar-refractivity contribution in [3.8, 4) is 5.75 Å². The van der Waals surface area contributed by atoms with E-state index in [1.54, 1.807) is 31.4 Å². The third-order valence-electron chi connectivity index (χ3n) is 6.64. The lowest BCUT2D eigenvalue weighted by Crippen LogP contribution is -2.40. The summed E-state index contributed by atoms with van der Waals surface area (Å²) in [6.07, 6.45) is 5.01. The second kappa shape index (κ2) is 11.0. The van der Waals surface area contributed by atoms with Crippen molar-refractivity contribution in [3.63, 3.8) is 0 Å². The molecule has 0 bridgehead atoms. The Balaban J connectivity index is 1.59. The number of carbonyl (C=O) groups excluding carboxylic acids is 1. The molecule has 0 radical (unpaired) electrons. The minimum atomic E-state index is -0.671. The van der Waals surface area contributed by atoms with Gasteiger partial charge in [0, 0.05) is 25.2 Å². The number of furan rings is 1. The van der Waals surface area contributed by atoms with Crippen molar-refractivity contribution >= 4 is 29.3 Å². The molecule has 3 aromatic rings. The number of anilines is 1. The molecule has 0 spiro atoms. The summed E-state index contributed by atoms with van der Waals surface area (Å²) < 4.78 is 19.3. The van der Waals surface area contributed by atoms with Crippen LogP contribution in [-0.4, -0.2) is 36.3 Å². The summed E-state index contributed by atoms with van der Waals surface area (Å²) in [5, 5.41) is 0. The predicted molar refractivity (Wildman–Crippen MR) is 147 cm³/mol. The van der Waals surface area contributed by atoms with Crippen LogP contribution in [0.2, 0.25) is 0 Å². The molecule has 2 aromatic heterocycles. The summed E-state index contributed by atoms with van der Waals surface area (Å²) in [5.41, 5.74) is 1.43. The molecule has 0 N–H and O–H groups in total. The van der Waals surface area contributed by atoms with E-state index in [-0.39, 0.29) is 11.7 Å². The lowest BCUT2D eigenvalue weighted by molar-refractivity contribution is -0.143. The van der Waals surface area contributed by atoms with E-state index in [4.69, 9.17) is 13.9 Å². The number of hydrogen-bond acceptors (Lipinski definition) is 8. The number of nitrogens with zero attached hydrogens (tertiary/aromatic N) is 3. The molecule has 200 valence electrons. The van der Waals surface area contributed by atoms with Gasteiger partial charge in [-0.15, -0.1) is 0 Å². The van der Waals surface area contributed by atoms with Gasteiger partial charge >= 0.3 is 5.97 Å². The highest BCUT2D eigenvalue weighted by molar-refractivity contribution is 7.07. The van der Waals surface area contributed by atoms with E-state index in [0.29, 0.717) is 33.0 Å². The Kier molecular flexibility index (Phi) is 7.56. The van der Waals surface area contributed by atoms with Gasteiger partial charge in [-0.25, -0.2) is 9.79 Å². The van der Waals surface area contributed by atoms with E-state index in [1.165, 1.54) is 17.8 Å². The van der Waals surface area contributed by atoms with Crippen LogP contribution < -0.4 is 24.5 Å². The van der Waals surface area contributed by atoms with Crippen molar-refractivity contribution in [2.24, 2.45) is 4.99 Å². The highest BCUT2D eigenvalue weighted by atomic mass is 32.1. The number of ether oxygens (including phenoxy) is 2. The molecule has 4 heterocycles. The van der Waals surface area contributed by atoms with E-state index >= 15 is 0 Å². The lowest BCUT2D eigenvalue weighted by atomic mass is 9.96. The number of benzene rings is 1. The summed E-state index contributed by atoms with van der Waals surface area (Å²) in [6, 6.07) is 10.6. The molecule has 1 atom stereocenters. The van der Waals surface area contributed by atoms with Crippen molar-refractivity contribution < 1.29 is 18.7 Å². The van der Waals surface area contributed by atoms with Crippen LogP contribution >= 0.6 is 11.3 Å².